The maximum absolute atomic E-state index is 13.3. The zero-order valence-corrected chi connectivity index (χ0v) is 17.8. The van der Waals surface area contributed by atoms with Gasteiger partial charge in [-0.1, -0.05) is 30.3 Å². The summed E-state index contributed by atoms with van der Waals surface area (Å²) in [6, 6.07) is 13.9. The number of fused-ring (bicyclic) bond motifs is 1. The Bertz CT molecular complexity index is 950. The third-order valence-electron chi connectivity index (χ3n) is 6.35. The zero-order valence-electron chi connectivity index (χ0n) is 16.9. The Labute approximate surface area is 173 Å². The number of methoxy groups -OCH3 is 1. The van der Waals surface area contributed by atoms with Crippen molar-refractivity contribution in [2.75, 3.05) is 26.9 Å². The number of hydrogen-bond acceptors (Lipinski definition) is 4. The first-order valence-corrected chi connectivity index (χ1v) is 11.9. The summed E-state index contributed by atoms with van der Waals surface area (Å²) in [5.41, 5.74) is 3.23. The average Bonchev–Trinajstić information content (AvgIpc) is 2.78. The molecular weight excluding hydrogens is 386 g/mol. The predicted octanol–water partition coefficient (Wildman–Crippen LogP) is 3.60. The third-order valence-corrected chi connectivity index (χ3v) is 7.78. The molecule has 1 fully saturated rings. The second-order valence-electron chi connectivity index (χ2n) is 8.06. The van der Waals surface area contributed by atoms with Crippen molar-refractivity contribution in [1.29, 1.82) is 0 Å². The number of ether oxygens (including phenoxy) is 2. The number of aryl methyl sites for hydroxylation is 2. The van der Waals surface area contributed by atoms with E-state index in [1.165, 1.54) is 12.7 Å². The minimum atomic E-state index is -3.70. The van der Waals surface area contributed by atoms with Gasteiger partial charge in [-0.15, -0.1) is 0 Å². The Kier molecular flexibility index (Phi) is 5.95. The van der Waals surface area contributed by atoms with Crippen molar-refractivity contribution in [2.24, 2.45) is 0 Å². The molecule has 0 aromatic heterocycles. The summed E-state index contributed by atoms with van der Waals surface area (Å²) < 4.78 is 40.5. The Morgan fingerprint density at radius 2 is 1.69 bits per heavy atom. The molecular formula is C23H29NO4S. The number of hydrogen-bond donors (Lipinski definition) is 1. The van der Waals surface area contributed by atoms with Crippen molar-refractivity contribution < 1.29 is 17.9 Å². The molecule has 156 valence electrons. The van der Waals surface area contributed by atoms with Gasteiger partial charge in [-0.05, 0) is 67.3 Å². The molecule has 1 saturated heterocycles. The summed E-state index contributed by atoms with van der Waals surface area (Å²) in [4.78, 5) is 0.246. The van der Waals surface area contributed by atoms with Gasteiger partial charge in [0.15, 0.2) is 0 Å². The van der Waals surface area contributed by atoms with Crippen molar-refractivity contribution >= 4 is 10.0 Å². The maximum Gasteiger partial charge on any atom is 0.244 e. The van der Waals surface area contributed by atoms with Gasteiger partial charge in [0, 0.05) is 25.2 Å². The largest absolute Gasteiger partial charge is 0.495 e. The van der Waals surface area contributed by atoms with Crippen LogP contribution >= 0.6 is 0 Å². The zero-order chi connectivity index (χ0) is 20.3. The van der Waals surface area contributed by atoms with Gasteiger partial charge >= 0.3 is 0 Å². The normalized spacial score (nSPS) is 18.8. The minimum absolute atomic E-state index is 0.246. The van der Waals surface area contributed by atoms with Crippen LogP contribution in [0.2, 0.25) is 0 Å². The molecule has 5 nitrogen and oxygen atoms in total. The van der Waals surface area contributed by atoms with Gasteiger partial charge in [0.05, 0.1) is 7.11 Å². The fourth-order valence-corrected chi connectivity index (χ4v) is 5.87. The van der Waals surface area contributed by atoms with Crippen molar-refractivity contribution in [2.45, 2.75) is 48.8 Å². The van der Waals surface area contributed by atoms with Crippen molar-refractivity contribution in [1.82, 2.24) is 4.72 Å². The van der Waals surface area contributed by atoms with Crippen molar-refractivity contribution in [3.05, 3.63) is 59.2 Å². The Balaban J connectivity index is 1.63. The SMILES string of the molecule is COc1cc2c(cc1S(=O)(=O)NCC1(c3ccccc3)CCOCC1)CCCC2. The van der Waals surface area contributed by atoms with E-state index in [9.17, 15) is 8.42 Å². The van der Waals surface area contributed by atoms with Crippen LogP contribution < -0.4 is 9.46 Å². The molecule has 0 atom stereocenters. The summed E-state index contributed by atoms with van der Waals surface area (Å²) in [7, 11) is -2.16. The second kappa shape index (κ2) is 8.46. The molecule has 0 saturated carbocycles. The van der Waals surface area contributed by atoms with Gasteiger partial charge in [0.1, 0.15) is 10.6 Å². The van der Waals surface area contributed by atoms with Crippen molar-refractivity contribution in [3.63, 3.8) is 0 Å². The van der Waals surface area contributed by atoms with Crippen LogP contribution in [-0.2, 0) is 33.0 Å². The van der Waals surface area contributed by atoms with E-state index < -0.39 is 10.0 Å². The Morgan fingerprint density at radius 3 is 2.34 bits per heavy atom. The molecule has 0 unspecified atom stereocenters. The molecule has 2 aliphatic rings. The van der Waals surface area contributed by atoms with Crippen LogP contribution in [0.4, 0.5) is 0 Å². The highest BCUT2D eigenvalue weighted by atomic mass is 32.2. The second-order valence-corrected chi connectivity index (χ2v) is 9.80. The van der Waals surface area contributed by atoms with Crippen molar-refractivity contribution in [3.8, 4) is 5.75 Å². The van der Waals surface area contributed by atoms with Gasteiger partial charge in [-0.2, -0.15) is 0 Å². The monoisotopic (exact) mass is 415 g/mol. The van der Waals surface area contributed by atoms with Crippen LogP contribution in [0.15, 0.2) is 47.4 Å². The molecule has 2 aromatic rings. The number of rotatable bonds is 6. The summed E-state index contributed by atoms with van der Waals surface area (Å²) in [5, 5.41) is 0. The highest BCUT2D eigenvalue weighted by Gasteiger charge is 2.36. The van der Waals surface area contributed by atoms with Crippen LogP contribution in [0.25, 0.3) is 0 Å². The molecule has 4 rings (SSSR count). The summed E-state index contributed by atoms with van der Waals surface area (Å²) in [6.45, 7) is 1.63. The lowest BCUT2D eigenvalue weighted by atomic mass is 9.74. The predicted molar refractivity (Wildman–Crippen MR) is 113 cm³/mol. The standard InChI is InChI=1S/C23H29NO4S/c1-27-21-15-18-7-5-6-8-19(18)16-22(21)29(25,26)24-17-23(11-13-28-14-12-23)20-9-3-2-4-10-20/h2-4,9-10,15-16,24H,5-8,11-14,17H2,1H3. The number of sulfonamides is 1. The summed E-state index contributed by atoms with van der Waals surface area (Å²) >= 11 is 0. The van der Waals surface area contributed by atoms with Crippen LogP contribution in [0.1, 0.15) is 42.4 Å². The molecule has 29 heavy (non-hydrogen) atoms. The highest BCUT2D eigenvalue weighted by molar-refractivity contribution is 7.89. The first-order chi connectivity index (χ1) is 14.0. The smallest absolute Gasteiger partial charge is 0.244 e. The Hall–Kier alpha value is -1.89. The molecule has 0 amide bonds. The van der Waals surface area contributed by atoms with Gasteiger partial charge in [0.2, 0.25) is 10.0 Å². The van der Waals surface area contributed by atoms with Gasteiger partial charge in [-0.25, -0.2) is 13.1 Å². The van der Waals surface area contributed by atoms with E-state index >= 15 is 0 Å². The lowest BCUT2D eigenvalue weighted by molar-refractivity contribution is 0.0517. The molecule has 2 aromatic carbocycles. The fourth-order valence-electron chi connectivity index (χ4n) is 4.54. The van der Waals surface area contributed by atoms with E-state index in [1.54, 1.807) is 0 Å². The number of nitrogens with one attached hydrogen (secondary N) is 1. The number of benzene rings is 2. The van der Waals surface area contributed by atoms with E-state index in [1.807, 2.05) is 30.3 Å². The lowest BCUT2D eigenvalue weighted by Crippen LogP contribution is -2.44. The topological polar surface area (TPSA) is 64.6 Å². The first-order valence-electron chi connectivity index (χ1n) is 10.4. The van der Waals surface area contributed by atoms with Gasteiger partial charge < -0.3 is 9.47 Å². The van der Waals surface area contributed by atoms with Crippen LogP contribution in [-0.4, -0.2) is 35.3 Å². The van der Waals surface area contributed by atoms with Gasteiger partial charge in [0.25, 0.3) is 0 Å². The average molecular weight is 416 g/mol. The molecule has 0 bridgehead atoms. The van der Waals surface area contributed by atoms with Crippen LogP contribution in [0, 0.1) is 0 Å². The highest BCUT2D eigenvalue weighted by Crippen LogP contribution is 2.36. The Morgan fingerprint density at radius 1 is 1.03 bits per heavy atom. The van der Waals surface area contributed by atoms with E-state index in [4.69, 9.17) is 9.47 Å². The fraction of sp³-hybridized carbons (Fsp3) is 0.478. The first kappa shape index (κ1) is 20.4. The van der Waals surface area contributed by atoms with Crippen LogP contribution in [0.5, 0.6) is 5.75 Å². The minimum Gasteiger partial charge on any atom is -0.495 e. The van der Waals surface area contributed by atoms with E-state index in [0.717, 1.165) is 49.7 Å². The third kappa shape index (κ3) is 4.20. The maximum atomic E-state index is 13.3. The molecule has 1 aliphatic carbocycles. The van der Waals surface area contributed by atoms with Crippen LogP contribution in [0.3, 0.4) is 0 Å². The summed E-state index contributed by atoms with van der Waals surface area (Å²) in [6.07, 6.45) is 5.73. The van der Waals surface area contributed by atoms with E-state index in [-0.39, 0.29) is 10.3 Å². The lowest BCUT2D eigenvalue weighted by Gasteiger charge is -2.38. The van der Waals surface area contributed by atoms with E-state index in [2.05, 4.69) is 16.9 Å². The van der Waals surface area contributed by atoms with Gasteiger partial charge in [-0.3, -0.25) is 0 Å². The summed E-state index contributed by atoms with van der Waals surface area (Å²) in [5.74, 6) is 0.430. The molecule has 1 N–H and O–H groups in total. The van der Waals surface area contributed by atoms with E-state index in [0.29, 0.717) is 25.5 Å². The quantitative estimate of drug-likeness (QED) is 0.783. The molecule has 0 radical (unpaired) electrons. The molecule has 1 aliphatic heterocycles. The molecule has 1 heterocycles. The molecule has 0 spiro atoms. The molecule has 6 heteroatoms.